The summed E-state index contributed by atoms with van der Waals surface area (Å²) in [6.45, 7) is 1.09. The summed E-state index contributed by atoms with van der Waals surface area (Å²) < 4.78 is 10.2. The summed E-state index contributed by atoms with van der Waals surface area (Å²) >= 11 is 0. The van der Waals surface area contributed by atoms with Crippen molar-refractivity contribution in [2.24, 2.45) is 5.92 Å². The third-order valence-corrected chi connectivity index (χ3v) is 4.16. The SMILES string of the molecule is O=C(c1cc2ccccc2o1)N1CC(CN2C(=O)COC2=O)C1. The van der Waals surface area contributed by atoms with Crippen LogP contribution in [0.4, 0.5) is 4.79 Å². The summed E-state index contributed by atoms with van der Waals surface area (Å²) in [6, 6.07) is 9.17. The number of imide groups is 1. The van der Waals surface area contributed by atoms with Gasteiger partial charge in [0, 0.05) is 30.9 Å². The van der Waals surface area contributed by atoms with Crippen LogP contribution >= 0.6 is 0 Å². The zero-order valence-corrected chi connectivity index (χ0v) is 12.2. The van der Waals surface area contributed by atoms with Gasteiger partial charge < -0.3 is 14.1 Å². The normalized spacial score (nSPS) is 18.4. The standard InChI is InChI=1S/C16H14N2O5/c19-14-9-22-16(21)18(14)8-10-6-17(7-10)15(20)13-5-11-3-1-2-4-12(11)23-13/h1-5,10H,6-9H2. The van der Waals surface area contributed by atoms with Gasteiger partial charge in [-0.25, -0.2) is 9.69 Å². The maximum atomic E-state index is 12.4. The van der Waals surface area contributed by atoms with Gasteiger partial charge in [0.05, 0.1) is 0 Å². The van der Waals surface area contributed by atoms with Gasteiger partial charge in [-0.1, -0.05) is 18.2 Å². The molecule has 2 saturated heterocycles. The Labute approximate surface area is 131 Å². The van der Waals surface area contributed by atoms with Crippen LogP contribution in [0.5, 0.6) is 0 Å². The van der Waals surface area contributed by atoms with Crippen LogP contribution in [-0.2, 0) is 9.53 Å². The van der Waals surface area contributed by atoms with Crippen LogP contribution in [0.1, 0.15) is 10.6 Å². The van der Waals surface area contributed by atoms with E-state index >= 15 is 0 Å². The molecule has 7 nitrogen and oxygen atoms in total. The zero-order valence-electron chi connectivity index (χ0n) is 12.2. The molecule has 2 aliphatic heterocycles. The number of carbonyl (C=O) groups excluding carboxylic acids is 3. The van der Waals surface area contributed by atoms with Crippen LogP contribution in [0.15, 0.2) is 34.7 Å². The number of rotatable bonds is 3. The summed E-state index contributed by atoms with van der Waals surface area (Å²) in [6.07, 6.45) is -0.600. The number of benzene rings is 1. The van der Waals surface area contributed by atoms with E-state index < -0.39 is 6.09 Å². The monoisotopic (exact) mass is 314 g/mol. The first kappa shape index (κ1) is 13.8. The quantitative estimate of drug-likeness (QED) is 0.857. The molecular weight excluding hydrogens is 300 g/mol. The number of carbonyl (C=O) groups is 3. The van der Waals surface area contributed by atoms with Crippen LogP contribution in [0.2, 0.25) is 0 Å². The molecule has 0 N–H and O–H groups in total. The molecule has 0 bridgehead atoms. The molecule has 0 aliphatic carbocycles. The summed E-state index contributed by atoms with van der Waals surface area (Å²) in [5, 5.41) is 0.887. The van der Waals surface area contributed by atoms with E-state index in [1.807, 2.05) is 24.3 Å². The van der Waals surface area contributed by atoms with E-state index in [9.17, 15) is 14.4 Å². The molecule has 0 saturated carbocycles. The lowest BCUT2D eigenvalue weighted by molar-refractivity contribution is -0.126. The first-order chi connectivity index (χ1) is 11.1. The molecule has 1 aromatic heterocycles. The van der Waals surface area contributed by atoms with E-state index in [1.165, 1.54) is 0 Å². The summed E-state index contributed by atoms with van der Waals surface area (Å²) in [4.78, 5) is 38.0. The molecule has 118 valence electrons. The Morgan fingerprint density at radius 1 is 1.22 bits per heavy atom. The Balaban J connectivity index is 1.38. The molecule has 23 heavy (non-hydrogen) atoms. The Kier molecular flexibility index (Phi) is 3.07. The predicted octanol–water partition coefficient (Wildman–Crippen LogP) is 1.48. The van der Waals surface area contributed by atoms with Crippen molar-refractivity contribution in [3.8, 4) is 0 Å². The Morgan fingerprint density at radius 3 is 2.70 bits per heavy atom. The van der Waals surface area contributed by atoms with Crippen molar-refractivity contribution < 1.29 is 23.5 Å². The molecule has 0 radical (unpaired) electrons. The van der Waals surface area contributed by atoms with Crippen molar-refractivity contribution in [1.82, 2.24) is 9.80 Å². The molecule has 1 aromatic carbocycles. The minimum absolute atomic E-state index is 0.0814. The number of ether oxygens (including phenoxy) is 1. The van der Waals surface area contributed by atoms with Gasteiger partial charge >= 0.3 is 6.09 Å². The van der Waals surface area contributed by atoms with Gasteiger partial charge in [0.15, 0.2) is 12.4 Å². The Hall–Kier alpha value is -2.83. The molecule has 0 spiro atoms. The van der Waals surface area contributed by atoms with E-state index in [0.29, 0.717) is 31.0 Å². The smallest absolute Gasteiger partial charge is 0.417 e. The molecule has 4 rings (SSSR count). The largest absolute Gasteiger partial charge is 0.451 e. The molecule has 2 aliphatic rings. The highest BCUT2D eigenvalue weighted by atomic mass is 16.6. The van der Waals surface area contributed by atoms with Gasteiger partial charge in [-0.2, -0.15) is 0 Å². The maximum absolute atomic E-state index is 12.4. The number of likely N-dealkylation sites (tertiary alicyclic amines) is 1. The number of fused-ring (bicyclic) bond motifs is 1. The van der Waals surface area contributed by atoms with Gasteiger partial charge in [-0.3, -0.25) is 9.59 Å². The molecule has 7 heteroatoms. The van der Waals surface area contributed by atoms with Crippen molar-refractivity contribution in [3.05, 3.63) is 36.1 Å². The molecule has 3 amide bonds. The Morgan fingerprint density at radius 2 is 2.00 bits per heavy atom. The molecule has 0 atom stereocenters. The van der Waals surface area contributed by atoms with Crippen LogP contribution < -0.4 is 0 Å². The lowest BCUT2D eigenvalue weighted by Gasteiger charge is -2.39. The zero-order chi connectivity index (χ0) is 16.0. The van der Waals surface area contributed by atoms with Crippen LogP contribution in [0.25, 0.3) is 11.0 Å². The number of nitrogens with zero attached hydrogens (tertiary/aromatic N) is 2. The number of amides is 3. The van der Waals surface area contributed by atoms with Crippen molar-refractivity contribution in [1.29, 1.82) is 0 Å². The van der Waals surface area contributed by atoms with Gasteiger partial charge in [-0.15, -0.1) is 0 Å². The fraction of sp³-hybridized carbons (Fsp3) is 0.312. The van der Waals surface area contributed by atoms with Gasteiger partial charge in [0.25, 0.3) is 11.8 Å². The van der Waals surface area contributed by atoms with E-state index in [1.54, 1.807) is 11.0 Å². The van der Waals surface area contributed by atoms with E-state index in [4.69, 9.17) is 4.42 Å². The van der Waals surface area contributed by atoms with Gasteiger partial charge in [-0.05, 0) is 12.1 Å². The molecule has 2 aromatic rings. The van der Waals surface area contributed by atoms with E-state index in [-0.39, 0.29) is 24.3 Å². The molecule has 0 unspecified atom stereocenters. The van der Waals surface area contributed by atoms with Crippen molar-refractivity contribution in [2.75, 3.05) is 26.2 Å². The lowest BCUT2D eigenvalue weighted by atomic mass is 9.99. The maximum Gasteiger partial charge on any atom is 0.417 e. The number of hydrogen-bond acceptors (Lipinski definition) is 5. The number of cyclic esters (lactones) is 1. The highest BCUT2D eigenvalue weighted by Gasteiger charge is 2.39. The topological polar surface area (TPSA) is 80.1 Å². The third kappa shape index (κ3) is 2.34. The molecule has 2 fully saturated rings. The van der Waals surface area contributed by atoms with E-state index in [0.717, 1.165) is 10.3 Å². The third-order valence-electron chi connectivity index (χ3n) is 4.16. The lowest BCUT2D eigenvalue weighted by Crippen LogP contribution is -2.54. The highest BCUT2D eigenvalue weighted by Crippen LogP contribution is 2.25. The molecular formula is C16H14N2O5. The summed E-state index contributed by atoms with van der Waals surface area (Å²) in [7, 11) is 0. The second-order valence-electron chi connectivity index (χ2n) is 5.78. The van der Waals surface area contributed by atoms with Crippen LogP contribution in [-0.4, -0.2) is 53.9 Å². The second-order valence-corrected chi connectivity index (χ2v) is 5.78. The summed E-state index contributed by atoms with van der Waals surface area (Å²) in [5.74, 6) is -0.107. The van der Waals surface area contributed by atoms with Crippen molar-refractivity contribution in [2.45, 2.75) is 0 Å². The number of furan rings is 1. The average molecular weight is 314 g/mol. The predicted molar refractivity (Wildman–Crippen MR) is 78.7 cm³/mol. The minimum Gasteiger partial charge on any atom is -0.451 e. The van der Waals surface area contributed by atoms with Crippen LogP contribution in [0.3, 0.4) is 0 Å². The first-order valence-electron chi connectivity index (χ1n) is 7.37. The average Bonchev–Trinajstić information content (AvgIpc) is 3.07. The van der Waals surface area contributed by atoms with Gasteiger partial charge in [0.2, 0.25) is 0 Å². The highest BCUT2D eigenvalue weighted by molar-refractivity contribution is 5.98. The first-order valence-corrected chi connectivity index (χ1v) is 7.37. The second kappa shape index (κ2) is 5.12. The minimum atomic E-state index is -0.600. The number of hydrogen-bond donors (Lipinski definition) is 0. The fourth-order valence-electron chi connectivity index (χ4n) is 2.91. The van der Waals surface area contributed by atoms with E-state index in [2.05, 4.69) is 4.74 Å². The fourth-order valence-corrected chi connectivity index (χ4v) is 2.91. The molecule has 3 heterocycles. The van der Waals surface area contributed by atoms with Crippen LogP contribution in [0, 0.1) is 5.92 Å². The number of para-hydroxylation sites is 1. The van der Waals surface area contributed by atoms with Crippen molar-refractivity contribution >= 4 is 28.9 Å². The Bertz CT molecular complexity index is 757. The summed E-state index contributed by atoms with van der Waals surface area (Å²) in [5.41, 5.74) is 0.679. The van der Waals surface area contributed by atoms with Gasteiger partial charge in [0.1, 0.15) is 5.58 Å². The van der Waals surface area contributed by atoms with Crippen molar-refractivity contribution in [3.63, 3.8) is 0 Å².